The van der Waals surface area contributed by atoms with E-state index in [9.17, 15) is 35.9 Å². The van der Waals surface area contributed by atoms with Crippen molar-refractivity contribution in [2.75, 3.05) is 38.2 Å². The van der Waals surface area contributed by atoms with Crippen LogP contribution in [0, 0.1) is 17.5 Å². The van der Waals surface area contributed by atoms with Crippen LogP contribution in [0.4, 0.5) is 36.8 Å². The van der Waals surface area contributed by atoms with Crippen molar-refractivity contribution >= 4 is 17.7 Å². The number of hydrogen-bond donors (Lipinski definition) is 4. The number of halogens is 6. The summed E-state index contributed by atoms with van der Waals surface area (Å²) in [6.07, 6.45) is -4.38. The Labute approximate surface area is 253 Å². The molecule has 0 aliphatic carbocycles. The second kappa shape index (κ2) is 15.0. The Hall–Kier alpha value is -4.41. The number of carbonyl (C=O) groups is 2. The lowest BCUT2D eigenvalue weighted by molar-refractivity contribution is -0.124. The largest absolute Gasteiger partial charge is 0.485 e. The molecule has 242 valence electrons. The van der Waals surface area contributed by atoms with Crippen LogP contribution in [0.2, 0.25) is 0 Å². The van der Waals surface area contributed by atoms with Crippen molar-refractivity contribution in [3.05, 3.63) is 89.5 Å². The Kier molecular flexibility index (Phi) is 11.2. The highest BCUT2D eigenvalue weighted by molar-refractivity contribution is 5.96. The number of aromatic nitrogens is 1. The second-order valence-electron chi connectivity index (χ2n) is 10.0. The maximum atomic E-state index is 14.8. The number of anilines is 1. The molecule has 45 heavy (non-hydrogen) atoms. The van der Waals surface area contributed by atoms with Gasteiger partial charge in [0.15, 0.2) is 11.6 Å². The van der Waals surface area contributed by atoms with Crippen molar-refractivity contribution in [3.8, 4) is 5.75 Å². The Morgan fingerprint density at radius 3 is 2.18 bits per heavy atom. The second-order valence-corrected chi connectivity index (χ2v) is 10.0. The van der Waals surface area contributed by atoms with Crippen molar-refractivity contribution in [1.29, 1.82) is 0 Å². The summed E-state index contributed by atoms with van der Waals surface area (Å²) in [7, 11) is 0. The minimum absolute atomic E-state index is 0.00596. The number of pyridine rings is 1. The average Bonchev–Trinajstić information content (AvgIpc) is 3.01. The van der Waals surface area contributed by atoms with Crippen molar-refractivity contribution in [3.63, 3.8) is 0 Å². The quantitative estimate of drug-likeness (QED) is 0.233. The topological polar surface area (TPSA) is 137 Å². The predicted molar refractivity (Wildman–Crippen MR) is 148 cm³/mol. The molecule has 2 heterocycles. The van der Waals surface area contributed by atoms with Crippen LogP contribution in [0.1, 0.15) is 17.0 Å². The van der Waals surface area contributed by atoms with Crippen LogP contribution in [0.25, 0.3) is 0 Å². The molecule has 0 bridgehead atoms. The number of ether oxygens (including phenoxy) is 3. The molecule has 16 heteroatoms. The third-order valence-corrected chi connectivity index (χ3v) is 6.66. The maximum Gasteiger partial charge on any atom is 0.407 e. The molecule has 0 radical (unpaired) electrons. The van der Waals surface area contributed by atoms with Gasteiger partial charge in [-0.05, 0) is 35.4 Å². The first-order valence-electron chi connectivity index (χ1n) is 13.6. The zero-order valence-corrected chi connectivity index (χ0v) is 23.5. The number of carbonyl (C=O) groups excluding carboxylic acids is 2. The number of nitrogens with two attached hydrogens (primary N) is 1. The van der Waals surface area contributed by atoms with Gasteiger partial charge in [-0.3, -0.25) is 9.78 Å². The van der Waals surface area contributed by atoms with Gasteiger partial charge in [0.05, 0.1) is 31.1 Å². The molecule has 0 spiro atoms. The standard InChI is InChI=1S/C29H29F6N5O5/c30-18-5-1-16(2-6-18)24(17-3-7-19(31)8-4-17)25(36)27(41)40-23-11-37-10-22(32)26(23)44-14-21-9-38-20(12-43-21)13-45-28(42)39-15-29(33,34)35/h1-8,10-11,20-21,24-25,38H,9,12-15,36H2,(H,39,42)(H,40,41)/t20-,21-,25-/m0/s1. The van der Waals surface area contributed by atoms with E-state index in [2.05, 4.69) is 15.6 Å². The summed E-state index contributed by atoms with van der Waals surface area (Å²) in [6, 6.07) is 8.80. The number of morpholine rings is 1. The summed E-state index contributed by atoms with van der Waals surface area (Å²) in [5.74, 6) is -3.84. The van der Waals surface area contributed by atoms with Gasteiger partial charge in [0, 0.05) is 12.5 Å². The fourth-order valence-corrected chi connectivity index (χ4v) is 4.43. The van der Waals surface area contributed by atoms with Gasteiger partial charge < -0.3 is 35.9 Å². The van der Waals surface area contributed by atoms with Crippen LogP contribution in [0.3, 0.4) is 0 Å². The van der Waals surface area contributed by atoms with E-state index in [0.29, 0.717) is 11.1 Å². The van der Waals surface area contributed by atoms with Gasteiger partial charge in [-0.2, -0.15) is 13.2 Å². The summed E-state index contributed by atoms with van der Waals surface area (Å²) >= 11 is 0. The average molecular weight is 642 g/mol. The van der Waals surface area contributed by atoms with Crippen molar-refractivity contribution in [2.45, 2.75) is 30.3 Å². The van der Waals surface area contributed by atoms with E-state index >= 15 is 0 Å². The number of nitrogens with zero attached hydrogens (tertiary/aromatic N) is 1. The summed E-state index contributed by atoms with van der Waals surface area (Å²) in [5, 5.41) is 7.09. The van der Waals surface area contributed by atoms with Gasteiger partial charge in [-0.1, -0.05) is 24.3 Å². The fourth-order valence-electron chi connectivity index (χ4n) is 4.43. The smallest absolute Gasteiger partial charge is 0.407 e. The van der Waals surface area contributed by atoms with E-state index in [4.69, 9.17) is 19.9 Å². The number of benzene rings is 2. The molecule has 0 unspecified atom stereocenters. The highest BCUT2D eigenvalue weighted by Gasteiger charge is 2.31. The number of alkyl halides is 3. The lowest BCUT2D eigenvalue weighted by Crippen LogP contribution is -2.51. The third-order valence-electron chi connectivity index (χ3n) is 6.66. The molecule has 5 N–H and O–H groups in total. The van der Waals surface area contributed by atoms with Crippen molar-refractivity contribution in [1.82, 2.24) is 15.6 Å². The van der Waals surface area contributed by atoms with Crippen molar-refractivity contribution in [2.24, 2.45) is 5.73 Å². The normalized spacial score (nSPS) is 17.4. The SMILES string of the molecule is N[C@H](C(=O)Nc1cncc(F)c1OC[C@@H]1CN[C@H](COC(=O)NCC(F)(F)F)CO1)C(c1ccc(F)cc1)c1ccc(F)cc1. The zero-order valence-electron chi connectivity index (χ0n) is 23.5. The molecule has 3 atom stereocenters. The van der Waals surface area contributed by atoms with Gasteiger partial charge in [0.25, 0.3) is 0 Å². The Balaban J connectivity index is 1.35. The Bertz CT molecular complexity index is 1390. The van der Waals surface area contributed by atoms with E-state index in [0.717, 1.165) is 12.4 Å². The van der Waals surface area contributed by atoms with Crippen LogP contribution < -0.4 is 26.4 Å². The zero-order chi connectivity index (χ0) is 32.6. The molecule has 10 nitrogen and oxygen atoms in total. The van der Waals surface area contributed by atoms with E-state index in [-0.39, 0.29) is 37.8 Å². The van der Waals surface area contributed by atoms with Gasteiger partial charge in [0.1, 0.15) is 43.2 Å². The first-order chi connectivity index (χ1) is 21.4. The summed E-state index contributed by atoms with van der Waals surface area (Å²) in [4.78, 5) is 28.5. The number of hydrogen-bond acceptors (Lipinski definition) is 8. The molecule has 1 fully saturated rings. The molecule has 3 aromatic rings. The third kappa shape index (κ3) is 9.79. The molecule has 1 aliphatic rings. The molecule has 1 aliphatic heterocycles. The van der Waals surface area contributed by atoms with E-state index in [1.54, 1.807) is 5.32 Å². The van der Waals surface area contributed by atoms with Crippen LogP contribution >= 0.6 is 0 Å². The molecular formula is C29H29F6N5O5. The minimum atomic E-state index is -4.57. The fraction of sp³-hybridized carbons (Fsp3) is 0.345. The van der Waals surface area contributed by atoms with Crippen LogP contribution in [0.15, 0.2) is 60.9 Å². The van der Waals surface area contributed by atoms with E-state index < -0.39 is 66.3 Å². The molecule has 4 rings (SSSR count). The number of alkyl carbamates (subject to hydrolysis) is 1. The molecule has 0 saturated carbocycles. The van der Waals surface area contributed by atoms with E-state index in [1.165, 1.54) is 48.5 Å². The maximum absolute atomic E-state index is 14.8. The lowest BCUT2D eigenvalue weighted by Gasteiger charge is -2.30. The Morgan fingerprint density at radius 2 is 1.62 bits per heavy atom. The van der Waals surface area contributed by atoms with Crippen LogP contribution in [0.5, 0.6) is 5.75 Å². The highest BCUT2D eigenvalue weighted by atomic mass is 19.4. The molecule has 2 amide bonds. The molecule has 2 aromatic carbocycles. The first kappa shape index (κ1) is 33.5. The number of amides is 2. The van der Waals surface area contributed by atoms with Crippen LogP contribution in [-0.2, 0) is 14.3 Å². The number of rotatable bonds is 11. The van der Waals surface area contributed by atoms with E-state index in [1.807, 2.05) is 0 Å². The minimum Gasteiger partial charge on any atom is -0.485 e. The van der Waals surface area contributed by atoms with Crippen LogP contribution in [-0.4, -0.2) is 74.3 Å². The Morgan fingerprint density at radius 1 is 1.00 bits per heavy atom. The lowest BCUT2D eigenvalue weighted by atomic mass is 9.85. The number of nitrogens with one attached hydrogen (secondary N) is 3. The first-order valence-corrected chi connectivity index (χ1v) is 13.6. The summed E-state index contributed by atoms with van der Waals surface area (Å²) in [6.45, 7) is -1.80. The summed E-state index contributed by atoms with van der Waals surface area (Å²) < 4.78 is 94.5. The van der Waals surface area contributed by atoms with Gasteiger partial charge >= 0.3 is 12.3 Å². The van der Waals surface area contributed by atoms with Crippen molar-refractivity contribution < 1.29 is 50.1 Å². The van der Waals surface area contributed by atoms with Gasteiger partial charge in [-0.15, -0.1) is 0 Å². The predicted octanol–water partition coefficient (Wildman–Crippen LogP) is 3.62. The molecule has 1 aromatic heterocycles. The van der Waals surface area contributed by atoms with Gasteiger partial charge in [0.2, 0.25) is 5.91 Å². The summed E-state index contributed by atoms with van der Waals surface area (Å²) in [5.41, 5.74) is 7.18. The monoisotopic (exact) mass is 641 g/mol. The molecule has 1 saturated heterocycles. The highest BCUT2D eigenvalue weighted by Crippen LogP contribution is 2.31. The molecular weight excluding hydrogens is 612 g/mol. The van der Waals surface area contributed by atoms with Gasteiger partial charge in [-0.25, -0.2) is 18.0 Å².